The molecule has 33 heavy (non-hydrogen) atoms. The van der Waals surface area contributed by atoms with Crippen LogP contribution in [0.1, 0.15) is 22.8 Å². The number of aromatic hydroxyl groups is 1. The molecule has 0 unspecified atom stereocenters. The molecule has 0 spiro atoms. The number of carbonyl (C=O) groups is 1. The topological polar surface area (TPSA) is 79.8 Å². The number of fused-ring (bicyclic) bond motifs is 2. The predicted octanol–water partition coefficient (Wildman–Crippen LogP) is 6.81. The Morgan fingerprint density at radius 2 is 1.73 bits per heavy atom. The highest BCUT2D eigenvalue weighted by molar-refractivity contribution is 6.08. The van der Waals surface area contributed by atoms with E-state index >= 15 is 0 Å². The van der Waals surface area contributed by atoms with Crippen LogP contribution in [0, 0.1) is 6.92 Å². The fraction of sp³-hybridized carbons (Fsp3) is 0.111. The Labute approximate surface area is 190 Å². The number of hydrogen-bond donors (Lipinski definition) is 1. The van der Waals surface area contributed by atoms with E-state index in [1.165, 1.54) is 0 Å². The van der Waals surface area contributed by atoms with Crippen molar-refractivity contribution in [3.05, 3.63) is 90.0 Å². The van der Waals surface area contributed by atoms with Crippen LogP contribution in [-0.2, 0) is 6.54 Å². The predicted molar refractivity (Wildman–Crippen MR) is 130 cm³/mol. The van der Waals surface area contributed by atoms with Crippen LogP contribution in [-0.4, -0.2) is 20.6 Å². The molecule has 0 aliphatic carbocycles. The molecule has 0 fully saturated rings. The second-order valence-corrected chi connectivity index (χ2v) is 7.88. The van der Waals surface area contributed by atoms with Gasteiger partial charge in [-0.3, -0.25) is 4.79 Å². The highest BCUT2D eigenvalue weighted by Gasteiger charge is 2.17. The molecule has 6 nitrogen and oxygen atoms in total. The maximum atomic E-state index is 13.3. The lowest BCUT2D eigenvalue weighted by Crippen LogP contribution is -1.99. The standard InChI is InChI=1S/C27H22N4O2/c1-3-31-24-12-8-7-11-19(24)25(27(31)33)29-30-26(32)21-16-23(18-9-5-4-6-10-18)28-22-14-13-17(2)15-20(21)22/h4-16,33H,3H2,1-2H3. The molecule has 6 heteroatoms. The normalized spacial score (nSPS) is 11.6. The van der Waals surface area contributed by atoms with Crippen LogP contribution in [0.4, 0.5) is 5.69 Å². The van der Waals surface area contributed by atoms with E-state index in [0.29, 0.717) is 29.0 Å². The van der Waals surface area contributed by atoms with E-state index in [1.807, 2.05) is 86.6 Å². The Hall–Kier alpha value is -4.32. The maximum absolute atomic E-state index is 13.3. The molecule has 2 heterocycles. The smallest absolute Gasteiger partial charge is 0.296 e. The van der Waals surface area contributed by atoms with E-state index in [4.69, 9.17) is 4.98 Å². The van der Waals surface area contributed by atoms with E-state index in [1.54, 1.807) is 10.6 Å². The fourth-order valence-electron chi connectivity index (χ4n) is 4.11. The summed E-state index contributed by atoms with van der Waals surface area (Å²) in [5.41, 5.74) is 4.89. The van der Waals surface area contributed by atoms with E-state index in [2.05, 4.69) is 10.2 Å². The van der Waals surface area contributed by atoms with Crippen LogP contribution >= 0.6 is 0 Å². The molecule has 5 aromatic rings. The molecule has 162 valence electrons. The van der Waals surface area contributed by atoms with E-state index in [-0.39, 0.29) is 5.88 Å². The van der Waals surface area contributed by atoms with Gasteiger partial charge in [0.05, 0.1) is 22.3 Å². The van der Waals surface area contributed by atoms with Crippen LogP contribution in [0.15, 0.2) is 89.1 Å². The zero-order valence-electron chi connectivity index (χ0n) is 18.4. The van der Waals surface area contributed by atoms with Crippen molar-refractivity contribution < 1.29 is 9.90 Å². The molecule has 1 amide bonds. The van der Waals surface area contributed by atoms with Gasteiger partial charge in [0.1, 0.15) is 0 Å². The Balaban J connectivity index is 1.63. The van der Waals surface area contributed by atoms with Gasteiger partial charge < -0.3 is 9.67 Å². The molecule has 0 radical (unpaired) electrons. The van der Waals surface area contributed by atoms with Gasteiger partial charge in [-0.05, 0) is 38.1 Å². The number of aromatic nitrogens is 2. The summed E-state index contributed by atoms with van der Waals surface area (Å²) in [6, 6.07) is 24.8. The minimum absolute atomic E-state index is 0.00402. The summed E-state index contributed by atoms with van der Waals surface area (Å²) >= 11 is 0. The van der Waals surface area contributed by atoms with Gasteiger partial charge in [-0.1, -0.05) is 60.2 Å². The van der Waals surface area contributed by atoms with Crippen LogP contribution in [0.5, 0.6) is 5.88 Å². The maximum Gasteiger partial charge on any atom is 0.296 e. The minimum atomic E-state index is -0.488. The molecule has 0 aliphatic heterocycles. The van der Waals surface area contributed by atoms with Gasteiger partial charge in [-0.15, -0.1) is 10.2 Å². The molecule has 5 rings (SSSR count). The average molecular weight is 434 g/mol. The van der Waals surface area contributed by atoms with Gasteiger partial charge in [0, 0.05) is 22.9 Å². The average Bonchev–Trinajstić information content (AvgIpc) is 3.12. The largest absolute Gasteiger partial charge is 0.493 e. The molecule has 1 N–H and O–H groups in total. The van der Waals surface area contributed by atoms with Gasteiger partial charge in [0.15, 0.2) is 5.69 Å². The Morgan fingerprint density at radius 3 is 2.52 bits per heavy atom. The summed E-state index contributed by atoms with van der Waals surface area (Å²) in [6.07, 6.45) is 0. The molecule has 3 aromatic carbocycles. The van der Waals surface area contributed by atoms with Crippen molar-refractivity contribution >= 4 is 33.4 Å². The van der Waals surface area contributed by atoms with Crippen molar-refractivity contribution in [3.63, 3.8) is 0 Å². The van der Waals surface area contributed by atoms with Gasteiger partial charge >= 0.3 is 0 Å². The molecule has 0 bridgehead atoms. The number of amides is 1. The number of pyridine rings is 1. The number of para-hydroxylation sites is 1. The van der Waals surface area contributed by atoms with E-state index in [9.17, 15) is 9.90 Å². The zero-order chi connectivity index (χ0) is 22.9. The van der Waals surface area contributed by atoms with Crippen molar-refractivity contribution in [1.82, 2.24) is 9.55 Å². The molecule has 0 aliphatic rings. The summed E-state index contributed by atoms with van der Waals surface area (Å²) in [5.74, 6) is -0.492. The van der Waals surface area contributed by atoms with E-state index < -0.39 is 5.91 Å². The van der Waals surface area contributed by atoms with Crippen LogP contribution in [0.2, 0.25) is 0 Å². The summed E-state index contributed by atoms with van der Waals surface area (Å²) in [4.78, 5) is 18.0. The zero-order valence-corrected chi connectivity index (χ0v) is 18.4. The summed E-state index contributed by atoms with van der Waals surface area (Å²) in [6.45, 7) is 4.48. The molecular formula is C27H22N4O2. The monoisotopic (exact) mass is 434 g/mol. The summed E-state index contributed by atoms with van der Waals surface area (Å²) in [5, 5.41) is 20.4. The van der Waals surface area contributed by atoms with Crippen molar-refractivity contribution in [1.29, 1.82) is 0 Å². The van der Waals surface area contributed by atoms with Gasteiger partial charge in [0.25, 0.3) is 5.91 Å². The number of nitrogens with zero attached hydrogens (tertiary/aromatic N) is 4. The molecule has 2 aromatic heterocycles. The highest BCUT2D eigenvalue weighted by atomic mass is 16.3. The first-order valence-corrected chi connectivity index (χ1v) is 10.8. The number of rotatable bonds is 4. The third kappa shape index (κ3) is 3.65. The number of aryl methyl sites for hydroxylation is 2. The number of benzene rings is 3. The fourth-order valence-corrected chi connectivity index (χ4v) is 4.11. The van der Waals surface area contributed by atoms with Gasteiger partial charge in [0.2, 0.25) is 5.88 Å². The lowest BCUT2D eigenvalue weighted by Gasteiger charge is -2.08. The van der Waals surface area contributed by atoms with Gasteiger partial charge in [-0.2, -0.15) is 0 Å². The lowest BCUT2D eigenvalue weighted by molar-refractivity contribution is 0.0996. The van der Waals surface area contributed by atoms with Crippen molar-refractivity contribution in [3.8, 4) is 17.1 Å². The first-order chi connectivity index (χ1) is 16.1. The van der Waals surface area contributed by atoms with Crippen molar-refractivity contribution in [2.45, 2.75) is 20.4 Å². The van der Waals surface area contributed by atoms with Crippen molar-refractivity contribution in [2.75, 3.05) is 0 Å². The molecular weight excluding hydrogens is 412 g/mol. The van der Waals surface area contributed by atoms with Gasteiger partial charge in [-0.25, -0.2) is 4.98 Å². The first-order valence-electron chi connectivity index (χ1n) is 10.8. The van der Waals surface area contributed by atoms with Crippen molar-refractivity contribution in [2.24, 2.45) is 10.2 Å². The molecule has 0 saturated carbocycles. The number of hydrogen-bond acceptors (Lipinski definition) is 4. The van der Waals surface area contributed by atoms with Crippen LogP contribution in [0.25, 0.3) is 33.1 Å². The molecule has 0 atom stereocenters. The third-order valence-corrected chi connectivity index (χ3v) is 5.74. The quantitative estimate of drug-likeness (QED) is 0.315. The first kappa shape index (κ1) is 20.6. The Bertz CT molecular complexity index is 1530. The second kappa shape index (κ2) is 8.31. The summed E-state index contributed by atoms with van der Waals surface area (Å²) in [7, 11) is 0. The minimum Gasteiger partial charge on any atom is -0.493 e. The third-order valence-electron chi connectivity index (χ3n) is 5.74. The van der Waals surface area contributed by atoms with Crippen LogP contribution < -0.4 is 0 Å². The lowest BCUT2D eigenvalue weighted by atomic mass is 10.0. The van der Waals surface area contributed by atoms with E-state index in [0.717, 1.165) is 27.4 Å². The summed E-state index contributed by atoms with van der Waals surface area (Å²) < 4.78 is 1.74. The molecule has 0 saturated heterocycles. The Kier molecular flexibility index (Phi) is 5.18. The number of azo groups is 1. The highest BCUT2D eigenvalue weighted by Crippen LogP contribution is 2.39. The van der Waals surface area contributed by atoms with Crippen LogP contribution in [0.3, 0.4) is 0 Å². The second-order valence-electron chi connectivity index (χ2n) is 7.88. The number of carbonyl (C=O) groups excluding carboxylic acids is 1. The SMILES string of the molecule is CCn1c(O)c(N=NC(=O)c2cc(-c3ccccc3)nc3ccc(C)cc23)c2ccccc21. The Morgan fingerprint density at radius 1 is 0.970 bits per heavy atom.